The van der Waals surface area contributed by atoms with Crippen LogP contribution in [0.5, 0.6) is 0 Å². The summed E-state index contributed by atoms with van der Waals surface area (Å²) >= 11 is 5.64. The van der Waals surface area contributed by atoms with Crippen LogP contribution in [-0.4, -0.2) is 12.6 Å². The smallest absolute Gasteiger partial charge is 0.333 e. The van der Waals surface area contributed by atoms with E-state index in [0.717, 1.165) is 6.08 Å². The molecular weight excluding hydrogens is 219 g/mol. The van der Waals surface area contributed by atoms with Crippen molar-refractivity contribution in [1.29, 1.82) is 0 Å². The Bertz CT molecular complexity index is 371. The number of rotatable bonds is 3. The highest BCUT2D eigenvalue weighted by atomic mass is 35.5. The first-order chi connectivity index (χ1) is 7.13. The molecule has 0 aliphatic carbocycles. The van der Waals surface area contributed by atoms with Gasteiger partial charge in [-0.25, -0.2) is 9.18 Å². The Balaban J connectivity index is 2.79. The Morgan fingerprint density at radius 3 is 2.60 bits per heavy atom. The van der Waals surface area contributed by atoms with E-state index in [1.54, 1.807) is 19.1 Å². The molecule has 0 spiro atoms. The first-order valence-corrected chi connectivity index (χ1v) is 4.81. The number of ether oxygens (including phenoxy) is 1. The third-order valence-corrected chi connectivity index (χ3v) is 1.90. The summed E-state index contributed by atoms with van der Waals surface area (Å²) in [5.74, 6) is -1.32. The molecule has 1 aromatic rings. The molecule has 0 aliphatic rings. The average molecular weight is 229 g/mol. The van der Waals surface area contributed by atoms with Crippen molar-refractivity contribution in [1.82, 2.24) is 0 Å². The Morgan fingerprint density at radius 2 is 2.07 bits per heavy atom. The van der Waals surface area contributed by atoms with E-state index in [0.29, 0.717) is 10.6 Å². The highest BCUT2D eigenvalue weighted by molar-refractivity contribution is 6.30. The largest absolute Gasteiger partial charge is 0.463 e. The fourth-order valence-electron chi connectivity index (χ4n) is 0.980. The molecule has 0 heterocycles. The number of hydrogen-bond donors (Lipinski definition) is 0. The summed E-state index contributed by atoms with van der Waals surface area (Å²) in [6, 6.07) is 6.09. The molecule has 0 aromatic heterocycles. The Kier molecular flexibility index (Phi) is 4.31. The molecule has 0 amide bonds. The quantitative estimate of drug-likeness (QED) is 0.587. The van der Waals surface area contributed by atoms with Gasteiger partial charge in [0.1, 0.15) is 5.83 Å². The number of benzene rings is 1. The van der Waals surface area contributed by atoms with Crippen LogP contribution in [0.25, 0.3) is 5.83 Å². The summed E-state index contributed by atoms with van der Waals surface area (Å²) in [6.45, 7) is 1.88. The molecule has 0 saturated heterocycles. The average Bonchev–Trinajstić information content (AvgIpc) is 2.18. The molecule has 0 fully saturated rings. The van der Waals surface area contributed by atoms with Crippen molar-refractivity contribution in [3.63, 3.8) is 0 Å². The van der Waals surface area contributed by atoms with Crippen LogP contribution in [0.2, 0.25) is 5.02 Å². The fraction of sp³-hybridized carbons (Fsp3) is 0.182. The lowest BCUT2D eigenvalue weighted by Gasteiger charge is -1.98. The van der Waals surface area contributed by atoms with Crippen molar-refractivity contribution < 1.29 is 13.9 Å². The zero-order chi connectivity index (χ0) is 11.3. The second-order valence-electron chi connectivity index (χ2n) is 2.75. The molecule has 2 nitrogen and oxygen atoms in total. The molecule has 0 N–H and O–H groups in total. The lowest BCUT2D eigenvalue weighted by Crippen LogP contribution is -1.99. The standard InChI is InChI=1S/C11H10ClFO2/c1-2-15-11(14)7-10(13)8-3-5-9(12)6-4-8/h3-7H,2H2,1H3/b10-7-. The summed E-state index contributed by atoms with van der Waals surface area (Å²) < 4.78 is 17.9. The van der Waals surface area contributed by atoms with E-state index in [9.17, 15) is 9.18 Å². The maximum Gasteiger partial charge on any atom is 0.333 e. The summed E-state index contributed by atoms with van der Waals surface area (Å²) in [5, 5.41) is 0.516. The Hall–Kier alpha value is -1.35. The third-order valence-electron chi connectivity index (χ3n) is 1.65. The zero-order valence-corrected chi connectivity index (χ0v) is 8.92. The van der Waals surface area contributed by atoms with Gasteiger partial charge >= 0.3 is 5.97 Å². The van der Waals surface area contributed by atoms with Gasteiger partial charge in [0.2, 0.25) is 0 Å². The molecular formula is C11H10ClFO2. The van der Waals surface area contributed by atoms with E-state index in [4.69, 9.17) is 11.6 Å². The minimum absolute atomic E-state index is 0.225. The van der Waals surface area contributed by atoms with E-state index in [-0.39, 0.29) is 6.61 Å². The predicted molar refractivity (Wildman–Crippen MR) is 57.2 cm³/mol. The van der Waals surface area contributed by atoms with Crippen LogP contribution in [0.4, 0.5) is 4.39 Å². The van der Waals surface area contributed by atoms with Crippen molar-refractivity contribution in [2.24, 2.45) is 0 Å². The van der Waals surface area contributed by atoms with Gasteiger partial charge in [0.15, 0.2) is 0 Å². The van der Waals surface area contributed by atoms with Crippen molar-refractivity contribution >= 4 is 23.4 Å². The van der Waals surface area contributed by atoms with Crippen LogP contribution < -0.4 is 0 Å². The van der Waals surface area contributed by atoms with E-state index >= 15 is 0 Å². The summed E-state index contributed by atoms with van der Waals surface area (Å²) in [4.78, 5) is 10.9. The van der Waals surface area contributed by atoms with Gasteiger partial charge in [0, 0.05) is 10.6 Å². The number of halogens is 2. The topological polar surface area (TPSA) is 26.3 Å². The molecule has 0 atom stereocenters. The van der Waals surface area contributed by atoms with E-state index in [1.165, 1.54) is 12.1 Å². The molecule has 4 heteroatoms. The van der Waals surface area contributed by atoms with Crippen LogP contribution in [0.3, 0.4) is 0 Å². The highest BCUT2D eigenvalue weighted by Gasteiger charge is 2.04. The van der Waals surface area contributed by atoms with Crippen LogP contribution in [-0.2, 0) is 9.53 Å². The van der Waals surface area contributed by atoms with Gasteiger partial charge in [0.05, 0.1) is 12.7 Å². The molecule has 0 unspecified atom stereocenters. The SMILES string of the molecule is CCOC(=O)/C=C(\F)c1ccc(Cl)cc1. The van der Waals surface area contributed by atoms with Crippen LogP contribution >= 0.6 is 11.6 Å². The van der Waals surface area contributed by atoms with Crippen LogP contribution in [0, 0.1) is 0 Å². The van der Waals surface area contributed by atoms with Crippen molar-refractivity contribution in [3.05, 3.63) is 40.9 Å². The number of esters is 1. The van der Waals surface area contributed by atoms with Gasteiger partial charge in [-0.3, -0.25) is 0 Å². The zero-order valence-electron chi connectivity index (χ0n) is 8.17. The van der Waals surface area contributed by atoms with Crippen molar-refractivity contribution in [2.45, 2.75) is 6.92 Å². The van der Waals surface area contributed by atoms with Gasteiger partial charge in [0.25, 0.3) is 0 Å². The molecule has 0 saturated carbocycles. The van der Waals surface area contributed by atoms with E-state index in [1.807, 2.05) is 0 Å². The monoisotopic (exact) mass is 228 g/mol. The highest BCUT2D eigenvalue weighted by Crippen LogP contribution is 2.18. The Morgan fingerprint density at radius 1 is 1.47 bits per heavy atom. The normalized spacial score (nSPS) is 11.3. The maximum atomic E-state index is 13.4. The summed E-state index contributed by atoms with van der Waals surface area (Å²) in [6.07, 6.45) is 0.812. The Labute approximate surface area is 92.3 Å². The maximum absolute atomic E-state index is 13.4. The predicted octanol–water partition coefficient (Wildman–Crippen LogP) is 3.21. The van der Waals surface area contributed by atoms with Crippen molar-refractivity contribution in [2.75, 3.05) is 6.61 Å². The molecule has 0 aliphatic heterocycles. The molecule has 1 rings (SSSR count). The van der Waals surface area contributed by atoms with E-state index in [2.05, 4.69) is 4.74 Å². The van der Waals surface area contributed by atoms with Gasteiger partial charge in [-0.15, -0.1) is 0 Å². The number of carbonyl (C=O) groups excluding carboxylic acids is 1. The summed E-state index contributed by atoms with van der Waals surface area (Å²) in [5.41, 5.74) is 0.299. The minimum atomic E-state index is -0.690. The molecule has 0 radical (unpaired) electrons. The van der Waals surface area contributed by atoms with Crippen LogP contribution in [0.1, 0.15) is 12.5 Å². The third kappa shape index (κ3) is 3.72. The first-order valence-electron chi connectivity index (χ1n) is 4.43. The lowest BCUT2D eigenvalue weighted by atomic mass is 10.2. The van der Waals surface area contributed by atoms with Gasteiger partial charge < -0.3 is 4.74 Å². The van der Waals surface area contributed by atoms with E-state index < -0.39 is 11.8 Å². The molecule has 0 bridgehead atoms. The van der Waals surface area contributed by atoms with Gasteiger partial charge in [-0.2, -0.15) is 0 Å². The second kappa shape index (κ2) is 5.51. The minimum Gasteiger partial charge on any atom is -0.463 e. The number of hydrogen-bond acceptors (Lipinski definition) is 2. The van der Waals surface area contributed by atoms with Crippen LogP contribution in [0.15, 0.2) is 30.3 Å². The molecule has 1 aromatic carbocycles. The summed E-state index contributed by atoms with van der Waals surface area (Å²) in [7, 11) is 0. The molecule has 80 valence electrons. The molecule has 15 heavy (non-hydrogen) atoms. The lowest BCUT2D eigenvalue weighted by molar-refractivity contribution is -0.137. The number of carbonyl (C=O) groups is 1. The first kappa shape index (κ1) is 11.7. The fourth-order valence-corrected chi connectivity index (χ4v) is 1.11. The van der Waals surface area contributed by atoms with Gasteiger partial charge in [-0.1, -0.05) is 23.7 Å². The van der Waals surface area contributed by atoms with Crippen molar-refractivity contribution in [3.8, 4) is 0 Å². The van der Waals surface area contributed by atoms with Gasteiger partial charge in [-0.05, 0) is 19.1 Å². The second-order valence-corrected chi connectivity index (χ2v) is 3.19.